The second-order valence-electron chi connectivity index (χ2n) is 6.44. The lowest BCUT2D eigenvalue weighted by Gasteiger charge is -2.12. The summed E-state index contributed by atoms with van der Waals surface area (Å²) < 4.78 is 39.3. The van der Waals surface area contributed by atoms with Crippen LogP contribution in [0.25, 0.3) is 11.4 Å². The summed E-state index contributed by atoms with van der Waals surface area (Å²) in [6.07, 6.45) is 0. The zero-order valence-corrected chi connectivity index (χ0v) is 16.9. The topological polar surface area (TPSA) is 132 Å². The number of nitro groups is 1. The van der Waals surface area contributed by atoms with Crippen LogP contribution in [0.4, 0.5) is 14.5 Å². The van der Waals surface area contributed by atoms with Crippen molar-refractivity contribution in [2.24, 2.45) is 0 Å². The highest BCUT2D eigenvalue weighted by molar-refractivity contribution is 5.69. The zero-order chi connectivity index (χ0) is 23.3. The summed E-state index contributed by atoms with van der Waals surface area (Å²) >= 11 is 0. The van der Waals surface area contributed by atoms with Gasteiger partial charge in [-0.3, -0.25) is 10.1 Å². The number of carbonyl (C=O) groups is 1. The van der Waals surface area contributed by atoms with Crippen LogP contribution in [0, 0.1) is 17.0 Å². The van der Waals surface area contributed by atoms with E-state index in [1.165, 1.54) is 7.11 Å². The molecule has 0 spiro atoms. The fourth-order valence-electron chi connectivity index (χ4n) is 2.67. The number of aryl methyl sites for hydroxylation is 1. The van der Waals surface area contributed by atoms with E-state index in [1.54, 1.807) is 0 Å². The van der Waals surface area contributed by atoms with Crippen LogP contribution in [0.5, 0.6) is 11.5 Å². The first-order valence-corrected chi connectivity index (χ1v) is 9.07. The van der Waals surface area contributed by atoms with E-state index < -0.39 is 42.1 Å². The summed E-state index contributed by atoms with van der Waals surface area (Å²) in [6, 6.07) is 9.24. The van der Waals surface area contributed by atoms with Gasteiger partial charge in [0.1, 0.15) is 6.61 Å². The number of rotatable bonds is 9. The highest BCUT2D eigenvalue weighted by Crippen LogP contribution is 2.36. The lowest BCUT2D eigenvalue weighted by molar-refractivity contribution is -0.386. The number of aromatic nitrogens is 4. The van der Waals surface area contributed by atoms with Gasteiger partial charge in [0.25, 0.3) is 5.69 Å². The van der Waals surface area contributed by atoms with Gasteiger partial charge in [-0.05, 0) is 18.2 Å². The van der Waals surface area contributed by atoms with Crippen LogP contribution in [-0.2, 0) is 22.7 Å². The van der Waals surface area contributed by atoms with Crippen molar-refractivity contribution >= 4 is 11.7 Å². The summed E-state index contributed by atoms with van der Waals surface area (Å²) in [7, 11) is 1.18. The molecule has 0 unspecified atom stereocenters. The number of hydrogen-bond acceptors (Lipinski definition) is 9. The van der Waals surface area contributed by atoms with Crippen LogP contribution < -0.4 is 9.47 Å². The van der Waals surface area contributed by atoms with E-state index in [2.05, 4.69) is 20.1 Å². The molecule has 1 aromatic heterocycles. The Hall–Kier alpha value is -4.16. The summed E-state index contributed by atoms with van der Waals surface area (Å²) in [4.78, 5) is 23.7. The number of alkyl halides is 2. The molecule has 32 heavy (non-hydrogen) atoms. The quantitative estimate of drug-likeness (QED) is 0.275. The monoisotopic (exact) mass is 449 g/mol. The first kappa shape index (κ1) is 22.5. The average Bonchev–Trinajstić information content (AvgIpc) is 3.20. The summed E-state index contributed by atoms with van der Waals surface area (Å²) in [5, 5.41) is 23.1. The molecule has 0 aliphatic carbocycles. The Morgan fingerprint density at radius 3 is 2.56 bits per heavy atom. The predicted octanol–water partition coefficient (Wildman–Crippen LogP) is 2.91. The van der Waals surface area contributed by atoms with Crippen molar-refractivity contribution in [1.29, 1.82) is 0 Å². The third kappa shape index (κ3) is 5.50. The van der Waals surface area contributed by atoms with E-state index in [0.29, 0.717) is 11.4 Å². The van der Waals surface area contributed by atoms with Crippen LogP contribution in [0.15, 0.2) is 36.4 Å². The molecule has 0 bridgehead atoms. The molecule has 3 aromatic rings. The zero-order valence-electron chi connectivity index (χ0n) is 16.9. The first-order chi connectivity index (χ1) is 15.3. The number of hydrogen-bond donors (Lipinski definition) is 0. The Bertz CT molecular complexity index is 1120. The number of tetrazole rings is 1. The molecule has 0 fully saturated rings. The average molecular weight is 449 g/mol. The van der Waals surface area contributed by atoms with E-state index in [-0.39, 0.29) is 11.3 Å². The fraction of sp³-hybridized carbons (Fsp3) is 0.263. The minimum atomic E-state index is -3.20. The number of nitrogens with zero attached hydrogens (tertiary/aromatic N) is 5. The summed E-state index contributed by atoms with van der Waals surface area (Å²) in [6.45, 7) is -2.17. The van der Waals surface area contributed by atoms with Crippen molar-refractivity contribution in [2.45, 2.75) is 26.7 Å². The largest absolute Gasteiger partial charge is 0.493 e. The molecule has 0 atom stereocenters. The molecule has 2 aromatic carbocycles. The van der Waals surface area contributed by atoms with Gasteiger partial charge in [-0.25, -0.2) is 4.79 Å². The molecule has 0 N–H and O–H groups in total. The lowest BCUT2D eigenvalue weighted by Crippen LogP contribution is -2.16. The summed E-state index contributed by atoms with van der Waals surface area (Å²) in [5.74, 6) is -1.17. The van der Waals surface area contributed by atoms with Gasteiger partial charge in [-0.1, -0.05) is 29.8 Å². The van der Waals surface area contributed by atoms with Gasteiger partial charge in [-0.2, -0.15) is 13.6 Å². The maximum Gasteiger partial charge on any atom is 0.387 e. The number of benzene rings is 2. The second kappa shape index (κ2) is 9.76. The Balaban J connectivity index is 1.69. The minimum absolute atomic E-state index is 0.0753. The molecule has 0 saturated carbocycles. The van der Waals surface area contributed by atoms with E-state index in [0.717, 1.165) is 22.5 Å². The van der Waals surface area contributed by atoms with Crippen LogP contribution in [-0.4, -0.2) is 44.8 Å². The van der Waals surface area contributed by atoms with Gasteiger partial charge >= 0.3 is 12.6 Å². The molecule has 168 valence electrons. The molecule has 1 heterocycles. The maximum absolute atomic E-state index is 12.5. The molecule has 3 rings (SSSR count). The highest BCUT2D eigenvalue weighted by Gasteiger charge is 2.23. The van der Waals surface area contributed by atoms with Crippen LogP contribution in [0.1, 0.15) is 11.1 Å². The third-order valence-corrected chi connectivity index (χ3v) is 4.20. The molecule has 0 saturated heterocycles. The highest BCUT2D eigenvalue weighted by atomic mass is 19.3. The standard InChI is InChI=1S/C19H17F2N5O6/c1-11-3-5-12(6-4-11)18-22-24-25(23-18)9-17(27)31-10-13-7-15(30-2)16(32-19(20)21)8-14(13)26(28)29/h3-8,19H,9-10H2,1-2H3. The van der Waals surface area contributed by atoms with E-state index >= 15 is 0 Å². The van der Waals surface area contributed by atoms with E-state index in [1.807, 2.05) is 31.2 Å². The lowest BCUT2D eigenvalue weighted by atomic mass is 10.1. The third-order valence-electron chi connectivity index (χ3n) is 4.20. The van der Waals surface area contributed by atoms with Crippen molar-refractivity contribution in [3.63, 3.8) is 0 Å². The number of ether oxygens (including phenoxy) is 3. The predicted molar refractivity (Wildman–Crippen MR) is 104 cm³/mol. The Morgan fingerprint density at radius 2 is 1.94 bits per heavy atom. The molecular weight excluding hydrogens is 432 g/mol. The molecule has 0 radical (unpaired) electrons. The molecule has 13 heteroatoms. The van der Waals surface area contributed by atoms with Gasteiger partial charge < -0.3 is 14.2 Å². The molecule has 0 aliphatic heterocycles. The number of methoxy groups -OCH3 is 1. The van der Waals surface area contributed by atoms with Crippen molar-refractivity contribution in [1.82, 2.24) is 20.2 Å². The van der Waals surface area contributed by atoms with Crippen molar-refractivity contribution in [3.8, 4) is 22.9 Å². The molecule has 0 amide bonds. The van der Waals surface area contributed by atoms with Crippen molar-refractivity contribution in [2.75, 3.05) is 7.11 Å². The number of nitro benzene ring substituents is 1. The maximum atomic E-state index is 12.5. The van der Waals surface area contributed by atoms with Crippen molar-refractivity contribution < 1.29 is 32.7 Å². The van der Waals surface area contributed by atoms with E-state index in [4.69, 9.17) is 9.47 Å². The number of halogens is 2. The molecule has 11 nitrogen and oxygen atoms in total. The van der Waals surface area contributed by atoms with Gasteiger partial charge in [-0.15, -0.1) is 10.2 Å². The summed E-state index contributed by atoms with van der Waals surface area (Å²) in [5.41, 5.74) is 1.12. The van der Waals surface area contributed by atoms with Crippen LogP contribution >= 0.6 is 0 Å². The number of esters is 1. The van der Waals surface area contributed by atoms with E-state index in [9.17, 15) is 23.7 Å². The Labute approximate surface area is 179 Å². The number of carbonyl (C=O) groups excluding carboxylic acids is 1. The van der Waals surface area contributed by atoms with Gasteiger partial charge in [0.15, 0.2) is 18.0 Å². The Morgan fingerprint density at radius 1 is 1.22 bits per heavy atom. The van der Waals surface area contributed by atoms with Gasteiger partial charge in [0.2, 0.25) is 5.82 Å². The smallest absolute Gasteiger partial charge is 0.387 e. The second-order valence-corrected chi connectivity index (χ2v) is 6.44. The molecular formula is C19H17F2N5O6. The fourth-order valence-corrected chi connectivity index (χ4v) is 2.67. The SMILES string of the molecule is COc1cc(COC(=O)Cn2nnc(-c3ccc(C)cc3)n2)c([N+](=O)[O-])cc1OC(F)F. The van der Waals surface area contributed by atoms with Crippen LogP contribution in [0.2, 0.25) is 0 Å². The van der Waals surface area contributed by atoms with Gasteiger partial charge in [0.05, 0.1) is 23.7 Å². The minimum Gasteiger partial charge on any atom is -0.493 e. The molecule has 0 aliphatic rings. The van der Waals surface area contributed by atoms with Crippen LogP contribution in [0.3, 0.4) is 0 Å². The normalized spacial score (nSPS) is 10.8. The van der Waals surface area contributed by atoms with Crippen molar-refractivity contribution in [3.05, 3.63) is 57.6 Å². The Kier molecular flexibility index (Phi) is 6.87. The van der Waals surface area contributed by atoms with Gasteiger partial charge in [0, 0.05) is 5.56 Å². The first-order valence-electron chi connectivity index (χ1n) is 9.07.